The van der Waals surface area contributed by atoms with Crippen LogP contribution in [0.25, 0.3) is 0 Å². The van der Waals surface area contributed by atoms with Gasteiger partial charge in [-0.05, 0) is 6.42 Å². The third-order valence-corrected chi connectivity index (χ3v) is 2.51. The molecule has 17 heavy (non-hydrogen) atoms. The zero-order valence-electron chi connectivity index (χ0n) is 10.6. The normalized spacial score (nSPS) is 10.1. The predicted molar refractivity (Wildman–Crippen MR) is 66.9 cm³/mol. The molecule has 5 nitrogen and oxygen atoms in total. The second-order valence-electron chi connectivity index (χ2n) is 3.46. The Labute approximate surface area is 102 Å². The fraction of sp³-hybridized carbons (Fsp3) is 0.500. The molecule has 0 fully saturated rings. The first-order valence-corrected chi connectivity index (χ1v) is 5.46. The number of hydrogen-bond donors (Lipinski definition) is 2. The molecular weight excluding hydrogens is 220 g/mol. The number of ether oxygens (including phenoxy) is 3. The molecule has 0 bridgehead atoms. The minimum atomic E-state index is 0.459. The number of hydrogen-bond acceptors (Lipinski definition) is 5. The lowest BCUT2D eigenvalue weighted by molar-refractivity contribution is 0.368. The van der Waals surface area contributed by atoms with E-state index in [1.807, 2.05) is 12.1 Å². The maximum atomic E-state index is 5.39. The summed E-state index contributed by atoms with van der Waals surface area (Å²) in [7, 11) is 4.88. The fourth-order valence-corrected chi connectivity index (χ4v) is 1.64. The van der Waals surface area contributed by atoms with Crippen molar-refractivity contribution in [1.29, 1.82) is 0 Å². The summed E-state index contributed by atoms with van der Waals surface area (Å²) in [5, 5.41) is 3.06. The van der Waals surface area contributed by atoms with E-state index in [-0.39, 0.29) is 0 Å². The Morgan fingerprint density at radius 2 is 1.65 bits per heavy atom. The molecule has 0 amide bonds. The Bertz CT molecular complexity index is 331. The Morgan fingerprint density at radius 1 is 1.06 bits per heavy atom. The molecule has 96 valence electrons. The zero-order valence-corrected chi connectivity index (χ0v) is 10.6. The summed E-state index contributed by atoms with van der Waals surface area (Å²) in [5.41, 5.74) is 6.40. The molecule has 0 unspecified atom stereocenters. The highest BCUT2D eigenvalue weighted by atomic mass is 16.5. The van der Waals surface area contributed by atoms with Crippen molar-refractivity contribution in [2.24, 2.45) is 5.73 Å². The lowest BCUT2D eigenvalue weighted by Crippen LogP contribution is -2.24. The smallest absolute Gasteiger partial charge is 0.129 e. The molecule has 1 aromatic rings. The predicted octanol–water partition coefficient (Wildman–Crippen LogP) is 0.761. The second-order valence-corrected chi connectivity index (χ2v) is 3.46. The van der Waals surface area contributed by atoms with E-state index in [0.29, 0.717) is 12.4 Å². The number of nitrogens with one attached hydrogen (secondary N) is 1. The highest BCUT2D eigenvalue weighted by molar-refractivity contribution is 5.50. The minimum absolute atomic E-state index is 0.459. The lowest BCUT2D eigenvalue weighted by Gasteiger charge is -2.15. The summed E-state index contributed by atoms with van der Waals surface area (Å²) in [6.45, 7) is 1.23. The Balaban J connectivity index is 2.98. The van der Waals surface area contributed by atoms with Crippen molar-refractivity contribution in [1.82, 2.24) is 5.32 Å². The Hall–Kier alpha value is -1.46. The van der Waals surface area contributed by atoms with E-state index in [9.17, 15) is 0 Å². The van der Waals surface area contributed by atoms with Crippen LogP contribution >= 0.6 is 0 Å². The third kappa shape index (κ3) is 3.51. The summed E-state index contributed by atoms with van der Waals surface area (Å²) in [6, 6.07) is 3.70. The van der Waals surface area contributed by atoms with Crippen LogP contribution in [0.3, 0.4) is 0 Å². The molecule has 1 rings (SSSR count). The van der Waals surface area contributed by atoms with Crippen molar-refractivity contribution in [2.75, 3.05) is 34.5 Å². The van der Waals surface area contributed by atoms with Gasteiger partial charge in [0, 0.05) is 30.9 Å². The van der Waals surface area contributed by atoms with E-state index in [0.717, 1.165) is 30.0 Å². The monoisotopic (exact) mass is 240 g/mol. The summed E-state index contributed by atoms with van der Waals surface area (Å²) >= 11 is 0. The third-order valence-electron chi connectivity index (χ3n) is 2.51. The second kappa shape index (κ2) is 6.98. The molecule has 0 heterocycles. The van der Waals surface area contributed by atoms with Crippen LogP contribution in [0.1, 0.15) is 5.56 Å². The van der Waals surface area contributed by atoms with Gasteiger partial charge in [0.1, 0.15) is 17.2 Å². The molecule has 0 atom stereocenters. The molecule has 0 radical (unpaired) electrons. The highest BCUT2D eigenvalue weighted by Crippen LogP contribution is 2.34. The van der Waals surface area contributed by atoms with E-state index in [1.54, 1.807) is 21.3 Å². The molecule has 0 spiro atoms. The molecule has 0 aliphatic carbocycles. The SMILES string of the molecule is COc1cc(OC)c(CCNCN)c(OC)c1. The molecule has 0 saturated heterocycles. The lowest BCUT2D eigenvalue weighted by atomic mass is 10.1. The maximum Gasteiger partial charge on any atom is 0.129 e. The highest BCUT2D eigenvalue weighted by Gasteiger charge is 2.12. The van der Waals surface area contributed by atoms with Crippen molar-refractivity contribution in [2.45, 2.75) is 6.42 Å². The number of rotatable bonds is 7. The minimum Gasteiger partial charge on any atom is -0.496 e. The average molecular weight is 240 g/mol. The molecule has 5 heteroatoms. The van der Waals surface area contributed by atoms with Gasteiger partial charge in [-0.25, -0.2) is 0 Å². The molecule has 0 aliphatic rings. The van der Waals surface area contributed by atoms with E-state index in [4.69, 9.17) is 19.9 Å². The van der Waals surface area contributed by atoms with Gasteiger partial charge in [0.05, 0.1) is 21.3 Å². The molecule has 1 aromatic carbocycles. The molecule has 0 aliphatic heterocycles. The van der Waals surface area contributed by atoms with Crippen molar-refractivity contribution in [3.8, 4) is 17.2 Å². The first-order valence-electron chi connectivity index (χ1n) is 5.46. The number of benzene rings is 1. The van der Waals surface area contributed by atoms with Crippen LogP contribution < -0.4 is 25.3 Å². The largest absolute Gasteiger partial charge is 0.496 e. The maximum absolute atomic E-state index is 5.39. The standard InChI is InChI=1S/C12H20N2O3/c1-15-9-6-11(16-2)10(4-5-14-8-13)12(7-9)17-3/h6-7,14H,4-5,8,13H2,1-3H3. The molecule has 3 N–H and O–H groups in total. The van der Waals surface area contributed by atoms with Gasteiger partial charge in [0.2, 0.25) is 0 Å². The number of methoxy groups -OCH3 is 3. The van der Waals surface area contributed by atoms with E-state index in [1.165, 1.54) is 0 Å². The van der Waals surface area contributed by atoms with Gasteiger partial charge in [-0.3, -0.25) is 0 Å². The van der Waals surface area contributed by atoms with Gasteiger partial charge in [0.25, 0.3) is 0 Å². The van der Waals surface area contributed by atoms with Crippen LogP contribution in [-0.2, 0) is 6.42 Å². The van der Waals surface area contributed by atoms with Crippen LogP contribution in [0.2, 0.25) is 0 Å². The van der Waals surface area contributed by atoms with E-state index in [2.05, 4.69) is 5.32 Å². The molecule has 0 aromatic heterocycles. The molecular formula is C12H20N2O3. The van der Waals surface area contributed by atoms with Crippen molar-refractivity contribution in [3.63, 3.8) is 0 Å². The van der Waals surface area contributed by atoms with Crippen molar-refractivity contribution >= 4 is 0 Å². The summed E-state index contributed by atoms with van der Waals surface area (Å²) in [5.74, 6) is 2.24. The number of nitrogens with two attached hydrogens (primary N) is 1. The van der Waals surface area contributed by atoms with Crippen molar-refractivity contribution < 1.29 is 14.2 Å². The first-order chi connectivity index (χ1) is 8.26. The van der Waals surface area contributed by atoms with E-state index >= 15 is 0 Å². The van der Waals surface area contributed by atoms with Gasteiger partial charge in [-0.2, -0.15) is 0 Å². The van der Waals surface area contributed by atoms with Gasteiger partial charge in [-0.15, -0.1) is 0 Å². The molecule has 0 saturated carbocycles. The van der Waals surface area contributed by atoms with Crippen LogP contribution in [0.5, 0.6) is 17.2 Å². The van der Waals surface area contributed by atoms with Gasteiger partial charge < -0.3 is 25.3 Å². The Morgan fingerprint density at radius 3 is 2.06 bits per heavy atom. The zero-order chi connectivity index (χ0) is 12.7. The van der Waals surface area contributed by atoms with Gasteiger partial charge in [0.15, 0.2) is 0 Å². The summed E-state index contributed by atoms with van der Waals surface area (Å²) < 4.78 is 15.9. The first kappa shape index (κ1) is 13.6. The fourth-order valence-electron chi connectivity index (χ4n) is 1.64. The summed E-state index contributed by atoms with van der Waals surface area (Å²) in [4.78, 5) is 0. The Kier molecular flexibility index (Phi) is 5.59. The van der Waals surface area contributed by atoms with Crippen LogP contribution in [0.4, 0.5) is 0 Å². The topological polar surface area (TPSA) is 65.7 Å². The van der Waals surface area contributed by atoms with Gasteiger partial charge in [-0.1, -0.05) is 0 Å². The van der Waals surface area contributed by atoms with Crippen molar-refractivity contribution in [3.05, 3.63) is 17.7 Å². The van der Waals surface area contributed by atoms with Crippen LogP contribution in [0.15, 0.2) is 12.1 Å². The van der Waals surface area contributed by atoms with Crippen LogP contribution in [0, 0.1) is 0 Å². The van der Waals surface area contributed by atoms with Gasteiger partial charge >= 0.3 is 0 Å². The average Bonchev–Trinajstić information content (AvgIpc) is 2.38. The summed E-state index contributed by atoms with van der Waals surface area (Å²) in [6.07, 6.45) is 0.785. The van der Waals surface area contributed by atoms with Crippen LogP contribution in [-0.4, -0.2) is 34.5 Å². The van der Waals surface area contributed by atoms with E-state index < -0.39 is 0 Å². The quantitative estimate of drug-likeness (QED) is 0.544.